The van der Waals surface area contributed by atoms with E-state index in [9.17, 15) is 4.79 Å². The van der Waals surface area contributed by atoms with Crippen LogP contribution in [-0.4, -0.2) is 41.0 Å². The van der Waals surface area contributed by atoms with Crippen LogP contribution in [0.5, 0.6) is 0 Å². The van der Waals surface area contributed by atoms with E-state index >= 15 is 0 Å². The molecule has 6 aromatic rings. The lowest BCUT2D eigenvalue weighted by molar-refractivity contribution is -0.122. The maximum Gasteiger partial charge on any atom is 0.227 e. The van der Waals surface area contributed by atoms with Crippen LogP contribution in [0.2, 0.25) is 0 Å². The van der Waals surface area contributed by atoms with Crippen LogP contribution >= 0.6 is 0 Å². The van der Waals surface area contributed by atoms with Gasteiger partial charge in [-0.15, -0.1) is 0 Å². The van der Waals surface area contributed by atoms with Gasteiger partial charge in [0.2, 0.25) is 5.91 Å². The summed E-state index contributed by atoms with van der Waals surface area (Å²) in [6.45, 7) is 0. The molecule has 180 valence electrons. The van der Waals surface area contributed by atoms with Gasteiger partial charge in [-0.05, 0) is 37.1 Å². The van der Waals surface area contributed by atoms with E-state index in [0.29, 0.717) is 11.3 Å². The van der Waals surface area contributed by atoms with Crippen LogP contribution in [0.25, 0.3) is 55.6 Å². The molecule has 6 aromatic heterocycles. The molecule has 0 unspecified atom stereocenters. The van der Waals surface area contributed by atoms with E-state index in [1.165, 1.54) is 0 Å². The molecule has 0 aliphatic heterocycles. The molecular formula is C28H22N8O. The SMILES string of the molecule is O=C(Nc1cncc(-c2cnc3n[nH]c(-c4cc5c(-c6cccnc6)cncc5[nH]4)c3c2)c1)C1CCC1. The highest BCUT2D eigenvalue weighted by molar-refractivity contribution is 6.00. The van der Waals surface area contributed by atoms with Gasteiger partial charge in [0.15, 0.2) is 5.65 Å². The maximum absolute atomic E-state index is 12.4. The predicted molar refractivity (Wildman–Crippen MR) is 141 cm³/mol. The zero-order chi connectivity index (χ0) is 24.8. The predicted octanol–water partition coefficient (Wildman–Crippen LogP) is 5.36. The summed E-state index contributed by atoms with van der Waals surface area (Å²) in [5.74, 6) is 0.176. The molecule has 1 fully saturated rings. The lowest BCUT2D eigenvalue weighted by atomic mass is 9.85. The fourth-order valence-corrected chi connectivity index (χ4v) is 4.78. The molecule has 0 saturated heterocycles. The second kappa shape index (κ2) is 8.63. The summed E-state index contributed by atoms with van der Waals surface area (Å²) in [5, 5.41) is 12.5. The highest BCUT2D eigenvalue weighted by Crippen LogP contribution is 2.34. The first-order valence-corrected chi connectivity index (χ1v) is 12.2. The van der Waals surface area contributed by atoms with Crippen molar-refractivity contribution in [2.75, 3.05) is 5.32 Å². The van der Waals surface area contributed by atoms with Gasteiger partial charge in [0.1, 0.15) is 0 Å². The second-order valence-corrected chi connectivity index (χ2v) is 9.35. The number of carbonyl (C=O) groups excluding carboxylic acids is 1. The number of carbonyl (C=O) groups is 1. The molecule has 0 atom stereocenters. The highest BCUT2D eigenvalue weighted by atomic mass is 16.1. The first-order valence-electron chi connectivity index (χ1n) is 12.2. The lowest BCUT2D eigenvalue weighted by Gasteiger charge is -2.24. The summed E-state index contributed by atoms with van der Waals surface area (Å²) in [6.07, 6.45) is 15.5. The number of anilines is 1. The number of pyridine rings is 4. The van der Waals surface area contributed by atoms with E-state index in [-0.39, 0.29) is 11.8 Å². The third kappa shape index (κ3) is 3.81. The summed E-state index contributed by atoms with van der Waals surface area (Å²) in [6, 6.07) is 10.0. The quantitative estimate of drug-likeness (QED) is 0.301. The van der Waals surface area contributed by atoms with E-state index in [4.69, 9.17) is 0 Å². The number of nitrogens with zero attached hydrogens (tertiary/aromatic N) is 5. The highest BCUT2D eigenvalue weighted by Gasteiger charge is 2.25. The number of aromatic amines is 2. The van der Waals surface area contributed by atoms with Crippen LogP contribution in [0.15, 0.2) is 73.7 Å². The summed E-state index contributed by atoms with van der Waals surface area (Å²) >= 11 is 0. The van der Waals surface area contributed by atoms with Gasteiger partial charge in [-0.3, -0.25) is 24.8 Å². The maximum atomic E-state index is 12.4. The summed E-state index contributed by atoms with van der Waals surface area (Å²) in [4.78, 5) is 33.5. The molecule has 0 aromatic carbocycles. The lowest BCUT2D eigenvalue weighted by Crippen LogP contribution is -2.28. The van der Waals surface area contributed by atoms with E-state index < -0.39 is 0 Å². The summed E-state index contributed by atoms with van der Waals surface area (Å²) in [5.41, 5.74) is 7.70. The van der Waals surface area contributed by atoms with Crippen molar-refractivity contribution in [3.05, 3.63) is 73.7 Å². The molecule has 0 radical (unpaired) electrons. The van der Waals surface area contributed by atoms with Gasteiger partial charge in [0.05, 0.1) is 35.0 Å². The molecule has 0 spiro atoms. The van der Waals surface area contributed by atoms with Gasteiger partial charge in [-0.2, -0.15) is 5.10 Å². The Morgan fingerprint density at radius 1 is 0.892 bits per heavy atom. The molecule has 1 amide bonds. The topological polar surface area (TPSA) is 125 Å². The van der Waals surface area contributed by atoms with E-state index in [1.54, 1.807) is 24.8 Å². The third-order valence-electron chi connectivity index (χ3n) is 7.01. The van der Waals surface area contributed by atoms with Crippen LogP contribution in [0.1, 0.15) is 19.3 Å². The minimum Gasteiger partial charge on any atom is -0.352 e. The third-order valence-corrected chi connectivity index (χ3v) is 7.01. The van der Waals surface area contributed by atoms with Gasteiger partial charge < -0.3 is 10.3 Å². The molecule has 1 aliphatic carbocycles. The zero-order valence-electron chi connectivity index (χ0n) is 19.8. The first kappa shape index (κ1) is 21.4. The molecule has 3 N–H and O–H groups in total. The van der Waals surface area contributed by atoms with Crippen molar-refractivity contribution in [3.8, 4) is 33.6 Å². The van der Waals surface area contributed by atoms with Gasteiger partial charge in [-0.1, -0.05) is 12.5 Å². The van der Waals surface area contributed by atoms with E-state index in [2.05, 4.69) is 46.5 Å². The number of hydrogen-bond acceptors (Lipinski definition) is 6. The number of amides is 1. The van der Waals surface area contributed by atoms with Gasteiger partial charge in [-0.25, -0.2) is 4.98 Å². The fraction of sp³-hybridized carbons (Fsp3) is 0.143. The van der Waals surface area contributed by atoms with Gasteiger partial charge in [0.25, 0.3) is 0 Å². The van der Waals surface area contributed by atoms with Crippen molar-refractivity contribution in [2.24, 2.45) is 5.92 Å². The molecule has 0 bridgehead atoms. The Morgan fingerprint density at radius 3 is 2.59 bits per heavy atom. The van der Waals surface area contributed by atoms with Crippen LogP contribution in [0.3, 0.4) is 0 Å². The van der Waals surface area contributed by atoms with Gasteiger partial charge >= 0.3 is 0 Å². The Bertz CT molecular complexity index is 1770. The smallest absolute Gasteiger partial charge is 0.227 e. The Balaban J connectivity index is 1.26. The molecule has 37 heavy (non-hydrogen) atoms. The number of fused-ring (bicyclic) bond motifs is 2. The van der Waals surface area contributed by atoms with Crippen LogP contribution in [0, 0.1) is 5.92 Å². The summed E-state index contributed by atoms with van der Waals surface area (Å²) < 4.78 is 0. The summed E-state index contributed by atoms with van der Waals surface area (Å²) in [7, 11) is 0. The molecule has 7 rings (SSSR count). The fourth-order valence-electron chi connectivity index (χ4n) is 4.78. The standard InChI is InChI=1S/C28H22N8O/c37-28(16-3-1-4-16)33-20-7-18(11-30-13-20)19-8-22-26(35-36-27(22)32-12-19)24-9-21-23(14-31-15-25(21)34-24)17-5-2-6-29-10-17/h2,5-16,34H,1,3-4H2,(H,33,37)(H,32,35,36). The molecular weight excluding hydrogens is 464 g/mol. The monoisotopic (exact) mass is 486 g/mol. The van der Waals surface area contributed by atoms with Crippen molar-refractivity contribution >= 4 is 33.5 Å². The largest absolute Gasteiger partial charge is 0.352 e. The Morgan fingerprint density at radius 2 is 1.76 bits per heavy atom. The van der Waals surface area contributed by atoms with E-state index in [1.807, 2.05) is 42.9 Å². The molecule has 6 heterocycles. The Labute approximate surface area is 211 Å². The average Bonchev–Trinajstić information content (AvgIpc) is 3.52. The number of H-pyrrole nitrogens is 2. The molecule has 1 saturated carbocycles. The number of rotatable bonds is 5. The first-order chi connectivity index (χ1) is 18.2. The average molecular weight is 487 g/mol. The van der Waals surface area contributed by atoms with Crippen molar-refractivity contribution in [3.63, 3.8) is 0 Å². The normalized spacial score (nSPS) is 13.6. The van der Waals surface area contributed by atoms with Crippen LogP contribution in [-0.2, 0) is 4.79 Å². The van der Waals surface area contributed by atoms with Gasteiger partial charge in [0, 0.05) is 69.9 Å². The Kier molecular flexibility index (Phi) is 4.99. The van der Waals surface area contributed by atoms with Crippen molar-refractivity contribution < 1.29 is 4.79 Å². The van der Waals surface area contributed by atoms with Crippen molar-refractivity contribution in [2.45, 2.75) is 19.3 Å². The Hall–Kier alpha value is -4.92. The number of hydrogen-bond donors (Lipinski definition) is 3. The zero-order valence-corrected chi connectivity index (χ0v) is 19.8. The molecule has 9 nitrogen and oxygen atoms in total. The number of nitrogens with one attached hydrogen (secondary N) is 3. The second-order valence-electron chi connectivity index (χ2n) is 9.35. The van der Waals surface area contributed by atoms with Crippen molar-refractivity contribution in [1.82, 2.24) is 35.1 Å². The number of aromatic nitrogens is 7. The molecule has 1 aliphatic rings. The molecule has 9 heteroatoms. The van der Waals surface area contributed by atoms with Crippen LogP contribution in [0.4, 0.5) is 5.69 Å². The van der Waals surface area contributed by atoms with Crippen molar-refractivity contribution in [1.29, 1.82) is 0 Å². The minimum absolute atomic E-state index is 0.0647. The minimum atomic E-state index is 0.0647. The van der Waals surface area contributed by atoms with E-state index in [0.717, 1.165) is 69.2 Å². The van der Waals surface area contributed by atoms with Crippen LogP contribution < -0.4 is 5.32 Å².